The quantitative estimate of drug-likeness (QED) is 0.324. The second kappa shape index (κ2) is 9.01. The Labute approximate surface area is 168 Å². The fraction of sp³-hybridized carbons (Fsp3) is 0.316. The van der Waals surface area contributed by atoms with Gasteiger partial charge in [-0.25, -0.2) is 0 Å². The van der Waals surface area contributed by atoms with Crippen molar-refractivity contribution in [2.45, 2.75) is 26.9 Å². The predicted octanol–water partition coefficient (Wildman–Crippen LogP) is 3.34. The van der Waals surface area contributed by atoms with Gasteiger partial charge in [0.1, 0.15) is 5.57 Å². The van der Waals surface area contributed by atoms with Crippen LogP contribution in [-0.4, -0.2) is 41.1 Å². The summed E-state index contributed by atoms with van der Waals surface area (Å²) in [4.78, 5) is 26.1. The topological polar surface area (TPSA) is 67.9 Å². The van der Waals surface area contributed by atoms with Gasteiger partial charge < -0.3 is 9.47 Å². The summed E-state index contributed by atoms with van der Waals surface area (Å²) < 4.78 is 11.3. The highest BCUT2D eigenvalue weighted by molar-refractivity contribution is 7.80. The minimum Gasteiger partial charge on any atom is -0.490 e. The summed E-state index contributed by atoms with van der Waals surface area (Å²) >= 11 is 11.4. The van der Waals surface area contributed by atoms with Crippen LogP contribution in [0.1, 0.15) is 26.3 Å². The van der Waals surface area contributed by atoms with Crippen LogP contribution >= 0.6 is 23.8 Å². The molecule has 2 amide bonds. The van der Waals surface area contributed by atoms with Crippen molar-refractivity contribution in [3.8, 4) is 11.5 Å². The zero-order valence-corrected chi connectivity index (χ0v) is 16.9. The number of nitrogens with zero attached hydrogens (tertiary/aromatic N) is 1. The summed E-state index contributed by atoms with van der Waals surface area (Å²) in [5, 5.41) is 2.87. The molecular formula is C19H21ClN2O4S. The molecule has 1 aromatic carbocycles. The number of halogens is 1. The van der Waals surface area contributed by atoms with Crippen LogP contribution in [0, 0.1) is 0 Å². The van der Waals surface area contributed by atoms with Gasteiger partial charge in [0.2, 0.25) is 0 Å². The molecule has 144 valence electrons. The molecule has 0 unspecified atom stereocenters. The van der Waals surface area contributed by atoms with Crippen LogP contribution in [0.15, 0.2) is 30.4 Å². The Balaban J connectivity index is 2.47. The normalized spacial score (nSPS) is 16.0. The summed E-state index contributed by atoms with van der Waals surface area (Å²) in [6.45, 7) is 9.80. The van der Waals surface area contributed by atoms with Gasteiger partial charge in [-0.3, -0.25) is 19.8 Å². The Bertz CT molecular complexity index is 820. The lowest BCUT2D eigenvalue weighted by atomic mass is 10.1. The van der Waals surface area contributed by atoms with Crippen LogP contribution < -0.4 is 14.8 Å². The zero-order valence-electron chi connectivity index (χ0n) is 15.4. The molecule has 6 nitrogen and oxygen atoms in total. The maximum absolute atomic E-state index is 12.6. The smallest absolute Gasteiger partial charge is 0.265 e. The average Bonchev–Trinajstić information content (AvgIpc) is 2.58. The molecule has 8 heteroatoms. The van der Waals surface area contributed by atoms with Gasteiger partial charge in [-0.05, 0) is 56.8 Å². The molecule has 0 aliphatic carbocycles. The predicted molar refractivity (Wildman–Crippen MR) is 109 cm³/mol. The number of thiocarbonyl (C=S) groups is 1. The van der Waals surface area contributed by atoms with E-state index in [1.165, 1.54) is 17.1 Å². The van der Waals surface area contributed by atoms with Crippen molar-refractivity contribution in [3.05, 3.63) is 40.9 Å². The summed E-state index contributed by atoms with van der Waals surface area (Å²) in [5.74, 6) is -0.209. The molecule has 1 aliphatic heterocycles. The molecule has 0 atom stereocenters. The van der Waals surface area contributed by atoms with E-state index in [-0.39, 0.29) is 23.3 Å². The number of hydrogen-bond acceptors (Lipinski definition) is 5. The lowest BCUT2D eigenvalue weighted by Gasteiger charge is -2.27. The summed E-state index contributed by atoms with van der Waals surface area (Å²) in [7, 11) is 0. The maximum atomic E-state index is 12.6. The fourth-order valence-electron chi connectivity index (χ4n) is 2.44. The van der Waals surface area contributed by atoms with Crippen LogP contribution in [0.4, 0.5) is 0 Å². The Kier molecular flexibility index (Phi) is 6.98. The van der Waals surface area contributed by atoms with Crippen molar-refractivity contribution >= 4 is 46.8 Å². The van der Waals surface area contributed by atoms with Crippen LogP contribution in [0.2, 0.25) is 5.02 Å². The van der Waals surface area contributed by atoms with Crippen molar-refractivity contribution in [1.82, 2.24) is 10.2 Å². The molecule has 0 spiro atoms. The monoisotopic (exact) mass is 408 g/mol. The number of hydrogen-bond donors (Lipinski definition) is 1. The minimum absolute atomic E-state index is 0.0516. The number of amides is 2. The zero-order chi connectivity index (χ0) is 20.1. The molecule has 2 rings (SSSR count). The largest absolute Gasteiger partial charge is 0.490 e. The minimum atomic E-state index is -0.568. The van der Waals surface area contributed by atoms with Gasteiger partial charge in [0.05, 0.1) is 17.7 Å². The van der Waals surface area contributed by atoms with E-state index in [4.69, 9.17) is 33.3 Å². The lowest BCUT2D eigenvalue weighted by Crippen LogP contribution is -2.53. The molecule has 0 aromatic heterocycles. The van der Waals surface area contributed by atoms with Crippen LogP contribution in [0.25, 0.3) is 6.08 Å². The van der Waals surface area contributed by atoms with E-state index >= 15 is 0 Å². The van der Waals surface area contributed by atoms with E-state index in [2.05, 4.69) is 11.9 Å². The van der Waals surface area contributed by atoms with E-state index in [9.17, 15) is 9.59 Å². The molecule has 1 fully saturated rings. The fourth-order valence-corrected chi connectivity index (χ4v) is 2.95. The van der Waals surface area contributed by atoms with Gasteiger partial charge in [-0.2, -0.15) is 0 Å². The third-order valence-electron chi connectivity index (χ3n) is 3.49. The number of nitrogens with one attached hydrogen (secondary N) is 1. The van der Waals surface area contributed by atoms with Gasteiger partial charge in [0.25, 0.3) is 11.8 Å². The van der Waals surface area contributed by atoms with E-state index in [0.717, 1.165) is 0 Å². The molecule has 0 radical (unpaired) electrons. The van der Waals surface area contributed by atoms with Crippen LogP contribution in [-0.2, 0) is 9.59 Å². The summed E-state index contributed by atoms with van der Waals surface area (Å²) in [5.41, 5.74) is 0.478. The first-order chi connectivity index (χ1) is 12.8. The maximum Gasteiger partial charge on any atom is 0.265 e. The molecule has 1 aliphatic rings. The first-order valence-corrected chi connectivity index (χ1v) is 9.19. The third kappa shape index (κ3) is 4.87. The van der Waals surface area contributed by atoms with Gasteiger partial charge in [-0.15, -0.1) is 6.58 Å². The first kappa shape index (κ1) is 20.9. The second-order valence-corrected chi connectivity index (χ2v) is 6.75. The molecule has 1 aromatic rings. The molecule has 1 saturated heterocycles. The standard InChI is InChI=1S/C19H21ClN2O4S/c1-5-7-22-18(24)13(17(23)21-19(22)27)8-12-9-14(20)16(26-11(3)4)15(10-12)25-6-2/h5,8-11H,1,6-7H2,2-4H3,(H,21,23,27). The molecule has 1 N–H and O–H groups in total. The highest BCUT2D eigenvalue weighted by Gasteiger charge is 2.32. The van der Waals surface area contributed by atoms with Gasteiger partial charge >= 0.3 is 0 Å². The second-order valence-electron chi connectivity index (χ2n) is 5.95. The van der Waals surface area contributed by atoms with Gasteiger partial charge in [0, 0.05) is 6.54 Å². The van der Waals surface area contributed by atoms with Crippen molar-refractivity contribution in [2.75, 3.05) is 13.2 Å². The molecular weight excluding hydrogens is 388 g/mol. The van der Waals surface area contributed by atoms with Crippen molar-refractivity contribution in [3.63, 3.8) is 0 Å². The van der Waals surface area contributed by atoms with E-state index in [1.54, 1.807) is 12.1 Å². The van der Waals surface area contributed by atoms with E-state index in [1.807, 2.05) is 20.8 Å². The molecule has 0 bridgehead atoms. The number of rotatable bonds is 7. The Morgan fingerprint density at radius 1 is 1.37 bits per heavy atom. The van der Waals surface area contributed by atoms with Crippen LogP contribution in [0.5, 0.6) is 11.5 Å². The molecule has 27 heavy (non-hydrogen) atoms. The lowest BCUT2D eigenvalue weighted by molar-refractivity contribution is -0.128. The van der Waals surface area contributed by atoms with Crippen molar-refractivity contribution in [2.24, 2.45) is 0 Å². The summed E-state index contributed by atoms with van der Waals surface area (Å²) in [6.07, 6.45) is 2.88. The number of ether oxygens (including phenoxy) is 2. The van der Waals surface area contributed by atoms with Crippen molar-refractivity contribution in [1.29, 1.82) is 0 Å². The number of carbonyl (C=O) groups excluding carboxylic acids is 2. The SMILES string of the molecule is C=CCN1C(=O)C(=Cc2cc(Cl)c(OC(C)C)c(OCC)c2)C(=O)NC1=S. The third-order valence-corrected chi connectivity index (χ3v) is 4.10. The number of benzene rings is 1. The highest BCUT2D eigenvalue weighted by atomic mass is 35.5. The number of carbonyl (C=O) groups is 2. The Hall–Kier alpha value is -2.38. The highest BCUT2D eigenvalue weighted by Crippen LogP contribution is 2.38. The van der Waals surface area contributed by atoms with E-state index < -0.39 is 11.8 Å². The van der Waals surface area contributed by atoms with Gasteiger partial charge in [0.15, 0.2) is 16.6 Å². The van der Waals surface area contributed by atoms with E-state index in [0.29, 0.717) is 28.7 Å². The molecule has 0 saturated carbocycles. The van der Waals surface area contributed by atoms with Crippen LogP contribution in [0.3, 0.4) is 0 Å². The average molecular weight is 409 g/mol. The summed E-state index contributed by atoms with van der Waals surface area (Å²) in [6, 6.07) is 3.28. The molecule has 1 heterocycles. The van der Waals surface area contributed by atoms with Crippen molar-refractivity contribution < 1.29 is 19.1 Å². The Morgan fingerprint density at radius 3 is 2.67 bits per heavy atom. The first-order valence-electron chi connectivity index (χ1n) is 8.41. The Morgan fingerprint density at radius 2 is 2.07 bits per heavy atom. The van der Waals surface area contributed by atoms with Gasteiger partial charge in [-0.1, -0.05) is 17.7 Å².